The third-order valence-corrected chi connectivity index (χ3v) is 5.41. The van der Waals surface area contributed by atoms with Gasteiger partial charge in [-0.25, -0.2) is 0 Å². The van der Waals surface area contributed by atoms with Gasteiger partial charge in [0.15, 0.2) is 12.4 Å². The van der Waals surface area contributed by atoms with E-state index in [2.05, 4.69) is 0 Å². The molecule has 0 saturated carbocycles. The number of carbonyl (C=O) groups is 2. The molecule has 2 aliphatic heterocycles. The Hall–Kier alpha value is -3.02. The first kappa shape index (κ1) is 18.3. The van der Waals surface area contributed by atoms with Gasteiger partial charge in [0.2, 0.25) is 0 Å². The zero-order valence-electron chi connectivity index (χ0n) is 16.1. The predicted molar refractivity (Wildman–Crippen MR) is 103 cm³/mol. The third kappa shape index (κ3) is 3.42. The topological polar surface area (TPSA) is 65.1 Å². The van der Waals surface area contributed by atoms with E-state index in [-0.39, 0.29) is 24.7 Å². The van der Waals surface area contributed by atoms with Crippen molar-refractivity contribution >= 4 is 11.7 Å². The fourth-order valence-corrected chi connectivity index (χ4v) is 3.83. The summed E-state index contributed by atoms with van der Waals surface area (Å²) >= 11 is 0. The van der Waals surface area contributed by atoms with Gasteiger partial charge in [0.1, 0.15) is 22.8 Å². The minimum atomic E-state index is -0.656. The number of amides is 1. The summed E-state index contributed by atoms with van der Waals surface area (Å²) in [5, 5.41) is 0. The summed E-state index contributed by atoms with van der Waals surface area (Å²) < 4.78 is 17.1. The van der Waals surface area contributed by atoms with Crippen molar-refractivity contribution in [3.63, 3.8) is 0 Å². The summed E-state index contributed by atoms with van der Waals surface area (Å²) in [5.41, 5.74) is 0.871. The van der Waals surface area contributed by atoms with Crippen LogP contribution in [0.15, 0.2) is 42.5 Å². The number of para-hydroxylation sites is 1. The molecule has 6 nitrogen and oxygen atoms in total. The first-order chi connectivity index (χ1) is 13.5. The van der Waals surface area contributed by atoms with Crippen molar-refractivity contribution in [2.45, 2.75) is 25.4 Å². The van der Waals surface area contributed by atoms with Gasteiger partial charge in [0.25, 0.3) is 5.91 Å². The number of methoxy groups -OCH3 is 1. The van der Waals surface area contributed by atoms with Crippen molar-refractivity contribution in [1.29, 1.82) is 0 Å². The molecular weight excluding hydrogens is 358 g/mol. The Morgan fingerprint density at radius 3 is 2.86 bits per heavy atom. The SMILES string of the molecule is COc1ccc2c(c1)C(=O)CC1(CCN(C(=O)COc3ccccc3C)C1)O2. The number of ether oxygens (including phenoxy) is 3. The molecule has 6 heteroatoms. The van der Waals surface area contributed by atoms with Crippen LogP contribution in [-0.4, -0.2) is 49.0 Å². The quantitative estimate of drug-likeness (QED) is 0.815. The molecule has 2 heterocycles. The van der Waals surface area contributed by atoms with Gasteiger partial charge in [-0.15, -0.1) is 0 Å². The highest BCUT2D eigenvalue weighted by Crippen LogP contribution is 2.40. The van der Waals surface area contributed by atoms with Crippen molar-refractivity contribution in [1.82, 2.24) is 4.90 Å². The van der Waals surface area contributed by atoms with Gasteiger partial charge in [0.05, 0.1) is 25.6 Å². The average Bonchev–Trinajstić information content (AvgIpc) is 3.10. The number of fused-ring (bicyclic) bond motifs is 1. The molecule has 1 fully saturated rings. The van der Waals surface area contributed by atoms with Crippen molar-refractivity contribution in [3.05, 3.63) is 53.6 Å². The van der Waals surface area contributed by atoms with Gasteiger partial charge in [-0.1, -0.05) is 18.2 Å². The number of hydrogen-bond donors (Lipinski definition) is 0. The second-order valence-electron chi connectivity index (χ2n) is 7.37. The summed E-state index contributed by atoms with van der Waals surface area (Å²) in [5.74, 6) is 1.81. The van der Waals surface area contributed by atoms with Crippen LogP contribution >= 0.6 is 0 Å². The van der Waals surface area contributed by atoms with Crippen LogP contribution in [0.2, 0.25) is 0 Å². The first-order valence-electron chi connectivity index (χ1n) is 9.36. The second-order valence-corrected chi connectivity index (χ2v) is 7.37. The Bertz CT molecular complexity index is 925. The van der Waals surface area contributed by atoms with Crippen LogP contribution in [0.3, 0.4) is 0 Å². The van der Waals surface area contributed by atoms with Crippen LogP contribution in [0, 0.1) is 6.92 Å². The van der Waals surface area contributed by atoms with Crippen molar-refractivity contribution in [2.24, 2.45) is 0 Å². The average molecular weight is 381 g/mol. The zero-order chi connectivity index (χ0) is 19.7. The monoisotopic (exact) mass is 381 g/mol. The molecule has 4 rings (SSSR count). The predicted octanol–water partition coefficient (Wildman–Crippen LogP) is 3.02. The summed E-state index contributed by atoms with van der Waals surface area (Å²) in [6.45, 7) is 2.86. The molecule has 2 aliphatic rings. The van der Waals surface area contributed by atoms with Gasteiger partial charge >= 0.3 is 0 Å². The molecule has 1 saturated heterocycles. The number of aryl methyl sites for hydroxylation is 1. The van der Waals surface area contributed by atoms with Gasteiger partial charge in [-0.3, -0.25) is 9.59 Å². The van der Waals surface area contributed by atoms with Crippen LogP contribution in [0.1, 0.15) is 28.8 Å². The summed E-state index contributed by atoms with van der Waals surface area (Å²) in [6, 6.07) is 12.8. The number of benzene rings is 2. The molecule has 0 aliphatic carbocycles. The normalized spacial score (nSPS) is 20.6. The lowest BCUT2D eigenvalue weighted by Gasteiger charge is -2.34. The second kappa shape index (κ2) is 7.19. The van der Waals surface area contributed by atoms with E-state index in [1.807, 2.05) is 31.2 Å². The highest BCUT2D eigenvalue weighted by atomic mass is 16.5. The lowest BCUT2D eigenvalue weighted by Crippen LogP contribution is -2.45. The van der Waals surface area contributed by atoms with E-state index in [9.17, 15) is 9.59 Å². The molecule has 0 aromatic heterocycles. The molecule has 0 radical (unpaired) electrons. The van der Waals surface area contributed by atoms with Crippen LogP contribution in [0.5, 0.6) is 17.2 Å². The lowest BCUT2D eigenvalue weighted by atomic mass is 9.89. The largest absolute Gasteiger partial charge is 0.497 e. The number of hydrogen-bond acceptors (Lipinski definition) is 5. The molecule has 2 aromatic carbocycles. The van der Waals surface area contributed by atoms with Gasteiger partial charge in [-0.2, -0.15) is 0 Å². The van der Waals surface area contributed by atoms with E-state index in [0.29, 0.717) is 42.3 Å². The Labute approximate surface area is 164 Å². The van der Waals surface area contributed by atoms with E-state index in [4.69, 9.17) is 14.2 Å². The Morgan fingerprint density at radius 2 is 2.07 bits per heavy atom. The minimum Gasteiger partial charge on any atom is -0.497 e. The van der Waals surface area contributed by atoms with Crippen molar-refractivity contribution < 1.29 is 23.8 Å². The van der Waals surface area contributed by atoms with E-state index < -0.39 is 5.60 Å². The Balaban J connectivity index is 1.42. The Kier molecular flexibility index (Phi) is 4.71. The highest BCUT2D eigenvalue weighted by molar-refractivity contribution is 6.01. The fraction of sp³-hybridized carbons (Fsp3) is 0.364. The van der Waals surface area contributed by atoms with Gasteiger partial charge in [0, 0.05) is 13.0 Å². The molecule has 0 N–H and O–H groups in total. The van der Waals surface area contributed by atoms with Crippen molar-refractivity contribution in [3.8, 4) is 17.2 Å². The maximum absolute atomic E-state index is 12.7. The number of rotatable bonds is 4. The number of likely N-dealkylation sites (tertiary alicyclic amines) is 1. The lowest BCUT2D eigenvalue weighted by molar-refractivity contribution is -0.133. The summed E-state index contributed by atoms with van der Waals surface area (Å²) in [7, 11) is 1.57. The van der Waals surface area contributed by atoms with Crippen LogP contribution in [0.4, 0.5) is 0 Å². The minimum absolute atomic E-state index is 0.0191. The van der Waals surface area contributed by atoms with Crippen LogP contribution in [-0.2, 0) is 4.79 Å². The maximum atomic E-state index is 12.7. The van der Waals surface area contributed by atoms with Gasteiger partial charge < -0.3 is 19.1 Å². The van der Waals surface area contributed by atoms with Crippen molar-refractivity contribution in [2.75, 3.05) is 26.8 Å². The molecular formula is C22H23NO5. The number of ketones is 1. The third-order valence-electron chi connectivity index (χ3n) is 5.41. The molecule has 0 bridgehead atoms. The van der Waals surface area contributed by atoms with E-state index in [1.54, 1.807) is 30.2 Å². The smallest absolute Gasteiger partial charge is 0.260 e. The van der Waals surface area contributed by atoms with E-state index in [1.165, 1.54) is 0 Å². The number of Topliss-reactive ketones (excluding diaryl/α,β-unsaturated/α-hetero) is 1. The van der Waals surface area contributed by atoms with Gasteiger partial charge in [-0.05, 0) is 36.8 Å². The van der Waals surface area contributed by atoms with Crippen LogP contribution < -0.4 is 14.2 Å². The molecule has 1 unspecified atom stereocenters. The number of carbonyl (C=O) groups excluding carboxylic acids is 2. The number of nitrogens with zero attached hydrogens (tertiary/aromatic N) is 1. The van der Waals surface area contributed by atoms with Crippen LogP contribution in [0.25, 0.3) is 0 Å². The molecule has 28 heavy (non-hydrogen) atoms. The molecule has 146 valence electrons. The molecule has 2 aromatic rings. The van der Waals surface area contributed by atoms with E-state index >= 15 is 0 Å². The zero-order valence-corrected chi connectivity index (χ0v) is 16.1. The Morgan fingerprint density at radius 1 is 1.25 bits per heavy atom. The first-order valence-corrected chi connectivity index (χ1v) is 9.36. The highest BCUT2D eigenvalue weighted by Gasteiger charge is 2.47. The molecule has 1 amide bonds. The fourth-order valence-electron chi connectivity index (χ4n) is 3.83. The molecule has 1 spiro atoms. The summed E-state index contributed by atoms with van der Waals surface area (Å²) in [6.07, 6.45) is 0.885. The molecule has 1 atom stereocenters. The summed E-state index contributed by atoms with van der Waals surface area (Å²) in [4.78, 5) is 27.0. The standard InChI is InChI=1S/C22H23NO5/c1-15-5-3-4-6-19(15)27-13-21(25)23-10-9-22(14-23)12-18(24)17-11-16(26-2)7-8-20(17)28-22/h3-8,11H,9-10,12-14H2,1-2H3. The maximum Gasteiger partial charge on any atom is 0.260 e. The van der Waals surface area contributed by atoms with E-state index in [0.717, 1.165) is 5.56 Å².